The summed E-state index contributed by atoms with van der Waals surface area (Å²) in [6.07, 6.45) is 4.38. The van der Waals surface area contributed by atoms with Crippen LogP contribution in [0.5, 0.6) is 5.75 Å². The molecule has 2 aromatic heterocycles. The highest BCUT2D eigenvalue weighted by Crippen LogP contribution is 2.26. The second-order valence-corrected chi connectivity index (χ2v) is 7.53. The van der Waals surface area contributed by atoms with Gasteiger partial charge in [0.1, 0.15) is 18.1 Å². The molecule has 1 aliphatic heterocycles. The second kappa shape index (κ2) is 8.98. The number of carbonyl (C=O) groups excluding carboxylic acids is 1. The number of carbonyl (C=O) groups is 1. The minimum absolute atomic E-state index is 0.0622. The minimum Gasteiger partial charge on any atom is -0.489 e. The van der Waals surface area contributed by atoms with Gasteiger partial charge in [-0.25, -0.2) is 4.98 Å². The molecular weight excluding hydrogens is 380 g/mol. The summed E-state index contributed by atoms with van der Waals surface area (Å²) in [7, 11) is 0. The predicted molar refractivity (Wildman–Crippen MR) is 115 cm³/mol. The molecule has 7 nitrogen and oxygen atoms in total. The molecule has 0 spiro atoms. The molecule has 4 rings (SSSR count). The minimum atomic E-state index is -0.0622. The molecule has 0 bridgehead atoms. The Labute approximate surface area is 176 Å². The molecular formula is C23H26N4O3. The van der Waals surface area contributed by atoms with E-state index in [0.29, 0.717) is 13.0 Å². The maximum absolute atomic E-state index is 12.6. The van der Waals surface area contributed by atoms with E-state index in [1.54, 1.807) is 6.20 Å². The first-order valence-electron chi connectivity index (χ1n) is 10.2. The molecule has 0 aliphatic carbocycles. The third-order valence-electron chi connectivity index (χ3n) is 5.32. The predicted octanol–water partition coefficient (Wildman–Crippen LogP) is 4.05. The van der Waals surface area contributed by atoms with Crippen molar-refractivity contribution in [2.75, 3.05) is 23.3 Å². The lowest BCUT2D eigenvalue weighted by atomic mass is 10.1. The Morgan fingerprint density at radius 3 is 2.63 bits per heavy atom. The van der Waals surface area contributed by atoms with Crippen molar-refractivity contribution in [3.63, 3.8) is 0 Å². The molecule has 1 N–H and O–H groups in total. The number of amides is 1. The molecule has 0 atom stereocenters. The van der Waals surface area contributed by atoms with Gasteiger partial charge in [-0.05, 0) is 56.5 Å². The Morgan fingerprint density at radius 1 is 1.17 bits per heavy atom. The van der Waals surface area contributed by atoms with Gasteiger partial charge in [0.15, 0.2) is 5.82 Å². The monoisotopic (exact) mass is 406 g/mol. The van der Waals surface area contributed by atoms with Crippen LogP contribution >= 0.6 is 0 Å². The zero-order valence-electron chi connectivity index (χ0n) is 17.4. The van der Waals surface area contributed by atoms with Crippen LogP contribution in [0, 0.1) is 13.8 Å². The first-order valence-corrected chi connectivity index (χ1v) is 10.2. The van der Waals surface area contributed by atoms with Crippen molar-refractivity contribution in [3.8, 4) is 5.75 Å². The number of rotatable bonds is 7. The molecule has 0 radical (unpaired) electrons. The van der Waals surface area contributed by atoms with Crippen molar-refractivity contribution in [1.82, 2.24) is 10.1 Å². The topological polar surface area (TPSA) is 80.5 Å². The number of aromatic nitrogens is 2. The number of anilines is 2. The van der Waals surface area contributed by atoms with Crippen LogP contribution in [0.1, 0.15) is 35.4 Å². The van der Waals surface area contributed by atoms with Crippen LogP contribution in [-0.2, 0) is 17.8 Å². The lowest BCUT2D eigenvalue weighted by Gasteiger charge is -2.20. The summed E-state index contributed by atoms with van der Waals surface area (Å²) in [6, 6.07) is 11.3. The van der Waals surface area contributed by atoms with Crippen molar-refractivity contribution in [3.05, 3.63) is 65.2 Å². The summed E-state index contributed by atoms with van der Waals surface area (Å²) in [5, 5.41) is 6.95. The van der Waals surface area contributed by atoms with Crippen molar-refractivity contribution in [2.45, 2.75) is 39.7 Å². The van der Waals surface area contributed by atoms with Crippen LogP contribution in [0.15, 0.2) is 47.1 Å². The lowest BCUT2D eigenvalue weighted by Crippen LogP contribution is -2.22. The Balaban J connectivity index is 1.34. The molecule has 3 aromatic rings. The fraction of sp³-hybridized carbons (Fsp3) is 0.348. The molecule has 0 saturated carbocycles. The van der Waals surface area contributed by atoms with E-state index in [4.69, 9.17) is 9.26 Å². The zero-order valence-corrected chi connectivity index (χ0v) is 17.4. The molecule has 1 aliphatic rings. The van der Waals surface area contributed by atoms with Crippen LogP contribution in [0.2, 0.25) is 0 Å². The summed E-state index contributed by atoms with van der Waals surface area (Å²) in [5.41, 5.74) is 3.49. The van der Waals surface area contributed by atoms with Crippen LogP contribution in [0.25, 0.3) is 0 Å². The molecule has 1 fully saturated rings. The first-order chi connectivity index (χ1) is 14.6. The van der Waals surface area contributed by atoms with Gasteiger partial charge in [-0.3, -0.25) is 4.79 Å². The van der Waals surface area contributed by atoms with E-state index in [0.717, 1.165) is 65.8 Å². The van der Waals surface area contributed by atoms with Crippen molar-refractivity contribution in [2.24, 2.45) is 0 Å². The van der Waals surface area contributed by atoms with Crippen molar-refractivity contribution >= 4 is 17.4 Å². The maximum Gasteiger partial charge on any atom is 0.228 e. The van der Waals surface area contributed by atoms with E-state index in [9.17, 15) is 4.79 Å². The SMILES string of the molecule is Cc1noc(C)c1COc1ccc(CC(=O)Nc2cccnc2N2CCCC2)cc1. The lowest BCUT2D eigenvalue weighted by molar-refractivity contribution is -0.115. The third kappa shape index (κ3) is 4.62. The van der Waals surface area contributed by atoms with E-state index in [2.05, 4.69) is 20.4 Å². The van der Waals surface area contributed by atoms with Gasteiger partial charge in [0.2, 0.25) is 5.91 Å². The molecule has 30 heavy (non-hydrogen) atoms. The van der Waals surface area contributed by atoms with Gasteiger partial charge in [0, 0.05) is 19.3 Å². The van der Waals surface area contributed by atoms with Crippen LogP contribution in [0.4, 0.5) is 11.5 Å². The third-order valence-corrected chi connectivity index (χ3v) is 5.32. The summed E-state index contributed by atoms with van der Waals surface area (Å²) >= 11 is 0. The number of aryl methyl sites for hydroxylation is 2. The number of nitrogens with zero attached hydrogens (tertiary/aromatic N) is 3. The van der Waals surface area contributed by atoms with E-state index in [-0.39, 0.29) is 5.91 Å². The zero-order chi connectivity index (χ0) is 20.9. The van der Waals surface area contributed by atoms with Crippen LogP contribution in [0.3, 0.4) is 0 Å². The van der Waals surface area contributed by atoms with Crippen LogP contribution < -0.4 is 15.0 Å². The number of hydrogen-bond donors (Lipinski definition) is 1. The maximum atomic E-state index is 12.6. The number of ether oxygens (including phenoxy) is 1. The van der Waals surface area contributed by atoms with Gasteiger partial charge in [0.25, 0.3) is 0 Å². The second-order valence-electron chi connectivity index (χ2n) is 7.53. The fourth-order valence-corrected chi connectivity index (χ4v) is 3.62. The number of nitrogens with one attached hydrogen (secondary N) is 1. The van der Waals surface area contributed by atoms with Gasteiger partial charge in [0.05, 0.1) is 23.4 Å². The molecule has 7 heteroatoms. The Bertz CT molecular complexity index is 988. The van der Waals surface area contributed by atoms with E-state index >= 15 is 0 Å². The van der Waals surface area contributed by atoms with E-state index < -0.39 is 0 Å². The number of benzene rings is 1. The molecule has 1 saturated heterocycles. The highest BCUT2D eigenvalue weighted by Gasteiger charge is 2.18. The Morgan fingerprint density at radius 2 is 1.93 bits per heavy atom. The van der Waals surface area contributed by atoms with Gasteiger partial charge in [-0.1, -0.05) is 17.3 Å². The normalized spacial score (nSPS) is 13.5. The van der Waals surface area contributed by atoms with Crippen LogP contribution in [-0.4, -0.2) is 29.1 Å². The standard InChI is InChI=1S/C23H26N4O3/c1-16-20(17(2)30-26-16)15-29-19-9-7-18(8-10-19)14-22(28)25-21-6-5-11-24-23(21)27-12-3-4-13-27/h5-11H,3-4,12-15H2,1-2H3,(H,25,28). The molecule has 1 amide bonds. The van der Waals surface area contributed by atoms with E-state index in [1.807, 2.05) is 50.2 Å². The van der Waals surface area contributed by atoms with Gasteiger partial charge in [-0.15, -0.1) is 0 Å². The quantitative estimate of drug-likeness (QED) is 0.638. The van der Waals surface area contributed by atoms with Crippen molar-refractivity contribution in [1.29, 1.82) is 0 Å². The molecule has 3 heterocycles. The van der Waals surface area contributed by atoms with E-state index in [1.165, 1.54) is 0 Å². The Hall–Kier alpha value is -3.35. The molecule has 1 aromatic carbocycles. The van der Waals surface area contributed by atoms with Gasteiger partial charge < -0.3 is 19.5 Å². The highest BCUT2D eigenvalue weighted by atomic mass is 16.5. The van der Waals surface area contributed by atoms with Crippen molar-refractivity contribution < 1.29 is 14.1 Å². The number of hydrogen-bond acceptors (Lipinski definition) is 6. The molecule has 156 valence electrons. The largest absolute Gasteiger partial charge is 0.489 e. The summed E-state index contributed by atoms with van der Waals surface area (Å²) in [4.78, 5) is 19.3. The average Bonchev–Trinajstić information content (AvgIpc) is 3.38. The van der Waals surface area contributed by atoms with Gasteiger partial charge >= 0.3 is 0 Å². The summed E-state index contributed by atoms with van der Waals surface area (Å²) in [6.45, 7) is 6.14. The Kier molecular flexibility index (Phi) is 5.97. The molecule has 0 unspecified atom stereocenters. The smallest absolute Gasteiger partial charge is 0.228 e. The fourth-order valence-electron chi connectivity index (χ4n) is 3.62. The highest BCUT2D eigenvalue weighted by molar-refractivity contribution is 5.94. The first kappa shape index (κ1) is 19.9. The summed E-state index contributed by atoms with van der Waals surface area (Å²) in [5.74, 6) is 2.30. The average molecular weight is 406 g/mol. The summed E-state index contributed by atoms with van der Waals surface area (Å²) < 4.78 is 11.0. The number of pyridine rings is 1. The van der Waals surface area contributed by atoms with Gasteiger partial charge in [-0.2, -0.15) is 0 Å².